The number of methoxy groups -OCH3 is 1. The van der Waals surface area contributed by atoms with E-state index in [2.05, 4.69) is 5.32 Å². The molecule has 2 aromatic carbocycles. The summed E-state index contributed by atoms with van der Waals surface area (Å²) >= 11 is 0. The number of anilines is 1. The van der Waals surface area contributed by atoms with E-state index in [0.29, 0.717) is 30.6 Å². The fraction of sp³-hybridized carbons (Fsp3) is 0.350. The van der Waals surface area contributed by atoms with Gasteiger partial charge in [0.05, 0.1) is 24.2 Å². The van der Waals surface area contributed by atoms with Gasteiger partial charge in [0, 0.05) is 26.2 Å². The lowest BCUT2D eigenvalue weighted by molar-refractivity contribution is -0.117. The van der Waals surface area contributed by atoms with Crippen molar-refractivity contribution in [2.75, 3.05) is 45.2 Å². The van der Waals surface area contributed by atoms with Crippen LogP contribution in [-0.2, 0) is 14.8 Å². The summed E-state index contributed by atoms with van der Waals surface area (Å²) in [7, 11) is -2.41. The van der Waals surface area contributed by atoms with E-state index >= 15 is 0 Å². The van der Waals surface area contributed by atoms with Gasteiger partial charge in [-0.3, -0.25) is 9.69 Å². The minimum absolute atomic E-state index is 0.0934. The van der Waals surface area contributed by atoms with Gasteiger partial charge >= 0.3 is 0 Å². The lowest BCUT2D eigenvalue weighted by Crippen LogP contribution is -2.50. The summed E-state index contributed by atoms with van der Waals surface area (Å²) in [5.41, 5.74) is 1.55. The lowest BCUT2D eigenvalue weighted by atomic mass is 10.2. The summed E-state index contributed by atoms with van der Waals surface area (Å²) in [5.74, 6) is -2.00. The van der Waals surface area contributed by atoms with Crippen LogP contribution < -0.4 is 10.1 Å². The van der Waals surface area contributed by atoms with Crippen LogP contribution in [0.15, 0.2) is 41.3 Å². The van der Waals surface area contributed by atoms with E-state index in [1.54, 1.807) is 6.07 Å². The third-order valence-electron chi connectivity index (χ3n) is 4.86. The molecular weight excluding hydrogens is 416 g/mol. The standard InChI is InChI=1S/C20H23F2N3O4S/c1-14-3-6-19(29-2)18(11-14)23-20(26)13-24-7-9-25(10-8-24)30(27,28)15-4-5-16(21)17(22)12-15/h3-6,11-12H,7-10,13H2,1-2H3,(H,23,26). The summed E-state index contributed by atoms with van der Waals surface area (Å²) in [4.78, 5) is 13.9. The first-order valence-corrected chi connectivity index (χ1v) is 10.8. The van der Waals surface area contributed by atoms with Crippen molar-refractivity contribution in [3.8, 4) is 5.75 Å². The van der Waals surface area contributed by atoms with Crippen LogP contribution in [0.1, 0.15) is 5.56 Å². The zero-order valence-corrected chi connectivity index (χ0v) is 17.5. The zero-order valence-electron chi connectivity index (χ0n) is 16.7. The van der Waals surface area contributed by atoms with Crippen LogP contribution in [0.4, 0.5) is 14.5 Å². The number of halogens is 2. The summed E-state index contributed by atoms with van der Waals surface area (Å²) in [6.45, 7) is 2.95. The van der Waals surface area contributed by atoms with E-state index in [1.807, 2.05) is 24.0 Å². The van der Waals surface area contributed by atoms with Crippen LogP contribution in [0, 0.1) is 18.6 Å². The quantitative estimate of drug-likeness (QED) is 0.747. The lowest BCUT2D eigenvalue weighted by Gasteiger charge is -2.33. The highest BCUT2D eigenvalue weighted by Gasteiger charge is 2.29. The monoisotopic (exact) mass is 439 g/mol. The highest BCUT2D eigenvalue weighted by molar-refractivity contribution is 7.89. The van der Waals surface area contributed by atoms with Crippen molar-refractivity contribution >= 4 is 21.6 Å². The van der Waals surface area contributed by atoms with Crippen LogP contribution in [0.25, 0.3) is 0 Å². The van der Waals surface area contributed by atoms with Crippen molar-refractivity contribution in [1.29, 1.82) is 0 Å². The molecule has 0 aromatic heterocycles. The van der Waals surface area contributed by atoms with Crippen molar-refractivity contribution < 1.29 is 26.7 Å². The zero-order chi connectivity index (χ0) is 21.9. The smallest absolute Gasteiger partial charge is 0.243 e. The Kier molecular flexibility index (Phi) is 6.69. The van der Waals surface area contributed by atoms with Gasteiger partial charge in [0.1, 0.15) is 5.75 Å². The van der Waals surface area contributed by atoms with E-state index in [0.717, 1.165) is 17.7 Å². The normalized spacial score (nSPS) is 15.7. The van der Waals surface area contributed by atoms with Crippen LogP contribution in [0.3, 0.4) is 0 Å². The van der Waals surface area contributed by atoms with E-state index in [4.69, 9.17) is 4.74 Å². The van der Waals surface area contributed by atoms with E-state index < -0.39 is 21.7 Å². The number of aryl methyl sites for hydroxylation is 1. The Morgan fingerprint density at radius 2 is 1.77 bits per heavy atom. The number of amides is 1. The SMILES string of the molecule is COc1ccc(C)cc1NC(=O)CN1CCN(S(=O)(=O)c2ccc(F)c(F)c2)CC1. The molecule has 0 unspecified atom stereocenters. The highest BCUT2D eigenvalue weighted by Crippen LogP contribution is 2.25. The molecule has 1 saturated heterocycles. The maximum Gasteiger partial charge on any atom is 0.243 e. The molecule has 1 fully saturated rings. The molecule has 30 heavy (non-hydrogen) atoms. The van der Waals surface area contributed by atoms with E-state index in [9.17, 15) is 22.0 Å². The van der Waals surface area contributed by atoms with Crippen molar-refractivity contribution in [2.45, 2.75) is 11.8 Å². The van der Waals surface area contributed by atoms with Gasteiger partial charge in [-0.25, -0.2) is 17.2 Å². The van der Waals surface area contributed by atoms with Gasteiger partial charge in [-0.15, -0.1) is 0 Å². The fourth-order valence-corrected chi connectivity index (χ4v) is 4.66. The molecule has 0 radical (unpaired) electrons. The molecule has 162 valence electrons. The first kappa shape index (κ1) is 22.1. The number of carbonyl (C=O) groups is 1. The number of ether oxygens (including phenoxy) is 1. The molecule has 1 aliphatic rings. The number of benzene rings is 2. The van der Waals surface area contributed by atoms with Crippen molar-refractivity contribution in [1.82, 2.24) is 9.21 Å². The molecule has 1 heterocycles. The number of nitrogens with one attached hydrogen (secondary N) is 1. The Morgan fingerprint density at radius 1 is 1.07 bits per heavy atom. The van der Waals surface area contributed by atoms with Crippen molar-refractivity contribution in [3.63, 3.8) is 0 Å². The van der Waals surface area contributed by atoms with E-state index in [1.165, 1.54) is 11.4 Å². The number of carbonyl (C=O) groups excluding carboxylic acids is 1. The summed E-state index contributed by atoms with van der Waals surface area (Å²) in [6.07, 6.45) is 0. The Hall–Kier alpha value is -2.56. The summed E-state index contributed by atoms with van der Waals surface area (Å²) < 4.78 is 58.3. The molecule has 0 saturated carbocycles. The first-order chi connectivity index (χ1) is 14.2. The second-order valence-corrected chi connectivity index (χ2v) is 8.95. The van der Waals surface area contributed by atoms with Crippen LogP contribution in [0.2, 0.25) is 0 Å². The Bertz CT molecular complexity index is 1040. The Labute approximate surface area is 174 Å². The average Bonchev–Trinajstić information content (AvgIpc) is 2.70. The van der Waals surface area contributed by atoms with Crippen LogP contribution in [0.5, 0.6) is 5.75 Å². The number of sulfonamides is 1. The van der Waals surface area contributed by atoms with Gasteiger partial charge in [-0.1, -0.05) is 6.07 Å². The van der Waals surface area contributed by atoms with Crippen molar-refractivity contribution in [3.05, 3.63) is 53.6 Å². The topological polar surface area (TPSA) is 79.0 Å². The van der Waals surface area contributed by atoms with Gasteiger partial charge in [0.25, 0.3) is 0 Å². The summed E-state index contributed by atoms with van der Waals surface area (Å²) in [5, 5.41) is 2.81. The predicted octanol–water partition coefficient (Wildman–Crippen LogP) is 2.23. The minimum atomic E-state index is -3.93. The molecule has 0 atom stereocenters. The first-order valence-electron chi connectivity index (χ1n) is 9.33. The molecule has 1 N–H and O–H groups in total. The van der Waals surface area contributed by atoms with Crippen LogP contribution >= 0.6 is 0 Å². The molecule has 1 aliphatic heterocycles. The molecule has 2 aromatic rings. The molecule has 10 heteroatoms. The fourth-order valence-electron chi connectivity index (χ4n) is 3.23. The predicted molar refractivity (Wildman–Crippen MR) is 108 cm³/mol. The average molecular weight is 439 g/mol. The molecule has 3 rings (SSSR count). The highest BCUT2D eigenvalue weighted by atomic mass is 32.2. The van der Waals surface area contributed by atoms with Crippen LogP contribution in [-0.4, -0.2) is 63.4 Å². The molecule has 7 nitrogen and oxygen atoms in total. The van der Waals surface area contributed by atoms with Gasteiger partial charge < -0.3 is 10.1 Å². The Balaban J connectivity index is 1.58. The van der Waals surface area contributed by atoms with Gasteiger partial charge in [-0.2, -0.15) is 4.31 Å². The molecule has 0 bridgehead atoms. The maximum absolute atomic E-state index is 13.4. The summed E-state index contributed by atoms with van der Waals surface area (Å²) in [6, 6.07) is 7.97. The minimum Gasteiger partial charge on any atom is -0.495 e. The van der Waals surface area contributed by atoms with Crippen molar-refractivity contribution in [2.24, 2.45) is 0 Å². The number of nitrogens with zero attached hydrogens (tertiary/aromatic N) is 2. The molecular formula is C20H23F2N3O4S. The second kappa shape index (κ2) is 9.07. The van der Waals surface area contributed by atoms with Gasteiger partial charge in [0.2, 0.25) is 15.9 Å². The number of rotatable bonds is 6. The van der Waals surface area contributed by atoms with Gasteiger partial charge in [0.15, 0.2) is 11.6 Å². The molecule has 0 aliphatic carbocycles. The largest absolute Gasteiger partial charge is 0.495 e. The van der Waals surface area contributed by atoms with Gasteiger partial charge in [-0.05, 0) is 42.8 Å². The molecule has 1 amide bonds. The maximum atomic E-state index is 13.4. The Morgan fingerprint density at radius 3 is 2.40 bits per heavy atom. The third kappa shape index (κ3) is 4.94. The second-order valence-electron chi connectivity index (χ2n) is 7.01. The van der Waals surface area contributed by atoms with E-state index in [-0.39, 0.29) is 30.4 Å². The number of hydrogen-bond donors (Lipinski definition) is 1. The number of piperazine rings is 1. The number of hydrogen-bond acceptors (Lipinski definition) is 5. The third-order valence-corrected chi connectivity index (χ3v) is 6.75. The molecule has 0 spiro atoms.